The third kappa shape index (κ3) is 3.68. The first-order valence-electron chi connectivity index (χ1n) is 6.37. The van der Waals surface area contributed by atoms with Crippen LogP contribution in [-0.4, -0.2) is 43.8 Å². The number of carbonyl (C=O) groups excluding carboxylic acids is 1. The highest BCUT2D eigenvalue weighted by molar-refractivity contribution is 7.89. The molecule has 0 unspecified atom stereocenters. The predicted molar refractivity (Wildman–Crippen MR) is 74.9 cm³/mol. The summed E-state index contributed by atoms with van der Waals surface area (Å²) in [6, 6.07) is 1.41. The van der Waals surface area contributed by atoms with Crippen molar-refractivity contribution in [1.82, 2.24) is 14.6 Å². The fraction of sp³-hybridized carbons (Fsp3) is 0.500. The van der Waals surface area contributed by atoms with Crippen LogP contribution < -0.4 is 4.72 Å². The van der Waals surface area contributed by atoms with Gasteiger partial charge >= 0.3 is 0 Å². The number of amides is 1. The van der Waals surface area contributed by atoms with E-state index >= 15 is 0 Å². The average Bonchev–Trinajstić information content (AvgIpc) is 2.92. The van der Waals surface area contributed by atoms with Crippen LogP contribution in [0.4, 0.5) is 0 Å². The lowest BCUT2D eigenvalue weighted by atomic mass is 10.4. The smallest absolute Gasteiger partial charge is 0.243 e. The minimum absolute atomic E-state index is 0.0255. The topological polar surface area (TPSA) is 79.4 Å². The van der Waals surface area contributed by atoms with Gasteiger partial charge in [0.15, 0.2) is 0 Å². The molecule has 0 atom stereocenters. The molecule has 1 saturated heterocycles. The van der Waals surface area contributed by atoms with Crippen LogP contribution in [0.3, 0.4) is 0 Å². The van der Waals surface area contributed by atoms with Gasteiger partial charge in [0.25, 0.3) is 0 Å². The molecule has 2 heterocycles. The van der Waals surface area contributed by atoms with Crippen LogP contribution in [-0.2, 0) is 14.8 Å². The third-order valence-corrected chi connectivity index (χ3v) is 5.04. The van der Waals surface area contributed by atoms with E-state index in [1.165, 1.54) is 18.5 Å². The molecule has 1 amide bonds. The van der Waals surface area contributed by atoms with Crippen molar-refractivity contribution in [3.05, 3.63) is 23.5 Å². The molecule has 110 valence electrons. The Morgan fingerprint density at radius 3 is 2.75 bits per heavy atom. The first kappa shape index (κ1) is 15.2. The van der Waals surface area contributed by atoms with Crippen molar-refractivity contribution in [3.63, 3.8) is 0 Å². The van der Waals surface area contributed by atoms with Crippen LogP contribution in [0.25, 0.3) is 0 Å². The van der Waals surface area contributed by atoms with Crippen molar-refractivity contribution < 1.29 is 13.2 Å². The molecule has 0 aromatic carbocycles. The Morgan fingerprint density at radius 2 is 2.10 bits per heavy atom. The van der Waals surface area contributed by atoms with E-state index in [0.29, 0.717) is 0 Å². The van der Waals surface area contributed by atoms with E-state index in [0.717, 1.165) is 25.9 Å². The molecular formula is C12H16ClN3O3S. The van der Waals surface area contributed by atoms with Gasteiger partial charge in [-0.25, -0.2) is 13.1 Å². The zero-order valence-electron chi connectivity index (χ0n) is 10.9. The SMILES string of the molecule is O=C(CCNS(=O)(=O)c1cnccc1Cl)N1CCCC1. The molecule has 20 heavy (non-hydrogen) atoms. The highest BCUT2D eigenvalue weighted by Crippen LogP contribution is 2.18. The molecule has 0 saturated carbocycles. The summed E-state index contributed by atoms with van der Waals surface area (Å²) in [5.74, 6) is -0.0255. The Hall–Kier alpha value is -1.18. The van der Waals surface area contributed by atoms with Crippen LogP contribution in [0.1, 0.15) is 19.3 Å². The summed E-state index contributed by atoms with van der Waals surface area (Å²) in [7, 11) is -3.73. The summed E-state index contributed by atoms with van der Waals surface area (Å²) in [6.45, 7) is 1.59. The van der Waals surface area contributed by atoms with Crippen LogP contribution in [0.2, 0.25) is 5.02 Å². The minimum Gasteiger partial charge on any atom is -0.343 e. The van der Waals surface area contributed by atoms with Crippen molar-refractivity contribution in [3.8, 4) is 0 Å². The fourth-order valence-electron chi connectivity index (χ4n) is 2.06. The quantitative estimate of drug-likeness (QED) is 0.879. The van der Waals surface area contributed by atoms with Crippen molar-refractivity contribution in [2.45, 2.75) is 24.2 Å². The Labute approximate surface area is 123 Å². The highest BCUT2D eigenvalue weighted by Gasteiger charge is 2.20. The molecule has 1 N–H and O–H groups in total. The molecule has 2 rings (SSSR count). The van der Waals surface area contributed by atoms with Gasteiger partial charge in [-0.05, 0) is 18.9 Å². The molecule has 8 heteroatoms. The second-order valence-corrected chi connectivity index (χ2v) is 6.68. The lowest BCUT2D eigenvalue weighted by Crippen LogP contribution is -2.32. The van der Waals surface area contributed by atoms with Gasteiger partial charge in [-0.3, -0.25) is 9.78 Å². The second kappa shape index (κ2) is 6.51. The summed E-state index contributed by atoms with van der Waals surface area (Å²) in [6.07, 6.45) is 4.79. The van der Waals surface area contributed by atoms with Crippen molar-refractivity contribution in [2.24, 2.45) is 0 Å². The molecule has 0 spiro atoms. The van der Waals surface area contributed by atoms with Crippen molar-refractivity contribution in [2.75, 3.05) is 19.6 Å². The van der Waals surface area contributed by atoms with E-state index in [-0.39, 0.29) is 28.8 Å². The third-order valence-electron chi connectivity index (χ3n) is 3.11. The Kier molecular flexibility index (Phi) is 4.95. The number of sulfonamides is 1. The maximum atomic E-state index is 12.0. The number of hydrogen-bond acceptors (Lipinski definition) is 4. The van der Waals surface area contributed by atoms with E-state index in [9.17, 15) is 13.2 Å². The summed E-state index contributed by atoms with van der Waals surface area (Å²) < 4.78 is 26.4. The number of aromatic nitrogens is 1. The maximum absolute atomic E-state index is 12.0. The average molecular weight is 318 g/mol. The molecule has 1 aliphatic heterocycles. The van der Waals surface area contributed by atoms with Crippen LogP contribution >= 0.6 is 11.6 Å². The number of halogens is 1. The number of hydrogen-bond donors (Lipinski definition) is 1. The van der Waals surface area contributed by atoms with Gasteiger partial charge in [-0.15, -0.1) is 0 Å². The predicted octanol–water partition coefficient (Wildman–Crippen LogP) is 1.03. The van der Waals surface area contributed by atoms with Gasteiger partial charge in [-0.1, -0.05) is 11.6 Å². The number of likely N-dealkylation sites (tertiary alicyclic amines) is 1. The molecular weight excluding hydrogens is 302 g/mol. The monoisotopic (exact) mass is 317 g/mol. The van der Waals surface area contributed by atoms with Gasteiger partial charge < -0.3 is 4.90 Å². The number of nitrogens with one attached hydrogen (secondary N) is 1. The normalized spacial score (nSPS) is 15.6. The first-order chi connectivity index (χ1) is 9.50. The molecule has 1 fully saturated rings. The molecule has 0 aliphatic carbocycles. The summed E-state index contributed by atoms with van der Waals surface area (Å²) >= 11 is 5.82. The Bertz CT molecular complexity index is 585. The standard InChI is InChI=1S/C12H16ClN3O3S/c13-10-3-5-14-9-11(10)20(18,19)15-6-4-12(17)16-7-1-2-8-16/h3,5,9,15H,1-2,4,6-8H2. The van der Waals surface area contributed by atoms with Crippen LogP contribution in [0.15, 0.2) is 23.4 Å². The zero-order chi connectivity index (χ0) is 14.6. The molecule has 6 nitrogen and oxygen atoms in total. The van der Waals surface area contributed by atoms with Crippen molar-refractivity contribution >= 4 is 27.5 Å². The van der Waals surface area contributed by atoms with E-state index < -0.39 is 10.0 Å². The minimum atomic E-state index is -3.73. The van der Waals surface area contributed by atoms with Gasteiger partial charge in [0.2, 0.25) is 15.9 Å². The van der Waals surface area contributed by atoms with Gasteiger partial charge in [0.05, 0.1) is 5.02 Å². The maximum Gasteiger partial charge on any atom is 0.243 e. The summed E-state index contributed by atoms with van der Waals surface area (Å²) in [4.78, 5) is 17.2. The molecule has 1 aliphatic rings. The van der Waals surface area contributed by atoms with Gasteiger partial charge in [0.1, 0.15) is 4.90 Å². The van der Waals surface area contributed by atoms with Gasteiger partial charge in [-0.2, -0.15) is 0 Å². The Balaban J connectivity index is 1.90. The second-order valence-electron chi connectivity index (χ2n) is 4.54. The number of rotatable bonds is 5. The molecule has 0 radical (unpaired) electrons. The number of pyridine rings is 1. The van der Waals surface area contributed by atoms with Crippen molar-refractivity contribution in [1.29, 1.82) is 0 Å². The Morgan fingerprint density at radius 1 is 1.40 bits per heavy atom. The lowest BCUT2D eigenvalue weighted by molar-refractivity contribution is -0.129. The molecule has 1 aromatic heterocycles. The van der Waals surface area contributed by atoms with Gasteiger partial charge in [0, 0.05) is 38.4 Å². The zero-order valence-corrected chi connectivity index (χ0v) is 12.5. The first-order valence-corrected chi connectivity index (χ1v) is 8.24. The highest BCUT2D eigenvalue weighted by atomic mass is 35.5. The van der Waals surface area contributed by atoms with E-state index in [2.05, 4.69) is 9.71 Å². The molecule has 1 aromatic rings. The van der Waals surface area contributed by atoms with E-state index in [1.54, 1.807) is 4.90 Å². The number of carbonyl (C=O) groups is 1. The van der Waals surface area contributed by atoms with E-state index in [1.807, 2.05) is 0 Å². The molecule has 0 bridgehead atoms. The largest absolute Gasteiger partial charge is 0.343 e. The van der Waals surface area contributed by atoms with E-state index in [4.69, 9.17) is 11.6 Å². The number of nitrogens with zero attached hydrogens (tertiary/aromatic N) is 2. The summed E-state index contributed by atoms with van der Waals surface area (Å²) in [5, 5.41) is 0.110. The fourth-order valence-corrected chi connectivity index (χ4v) is 3.52. The summed E-state index contributed by atoms with van der Waals surface area (Å²) in [5.41, 5.74) is 0. The van der Waals surface area contributed by atoms with Crippen LogP contribution in [0.5, 0.6) is 0 Å². The van der Waals surface area contributed by atoms with Crippen LogP contribution in [0, 0.1) is 0 Å². The lowest BCUT2D eigenvalue weighted by Gasteiger charge is -2.15.